The van der Waals surface area contributed by atoms with Crippen molar-refractivity contribution in [3.05, 3.63) is 17.5 Å². The molecule has 2 rings (SSSR count). The second-order valence-electron chi connectivity index (χ2n) is 4.14. The minimum Gasteiger partial charge on any atom is -0.337 e. The van der Waals surface area contributed by atoms with Crippen LogP contribution in [-0.2, 0) is 24.8 Å². The van der Waals surface area contributed by atoms with Gasteiger partial charge in [-0.05, 0) is 12.8 Å². The maximum absolute atomic E-state index is 11.8. The zero-order valence-corrected chi connectivity index (χ0v) is 11.2. The van der Waals surface area contributed by atoms with Crippen molar-refractivity contribution in [3.63, 3.8) is 0 Å². The van der Waals surface area contributed by atoms with E-state index in [2.05, 4.69) is 28.0 Å². The van der Waals surface area contributed by atoms with E-state index >= 15 is 0 Å². The van der Waals surface area contributed by atoms with Gasteiger partial charge < -0.3 is 4.90 Å². The van der Waals surface area contributed by atoms with Crippen LogP contribution in [0.4, 0.5) is 0 Å². The van der Waals surface area contributed by atoms with Crippen molar-refractivity contribution >= 4 is 21.8 Å². The summed E-state index contributed by atoms with van der Waals surface area (Å²) in [6.07, 6.45) is 3.82. The molecule has 1 amide bonds. The van der Waals surface area contributed by atoms with E-state index in [1.54, 1.807) is 0 Å². The van der Waals surface area contributed by atoms with E-state index in [0.717, 1.165) is 25.1 Å². The number of aryl methyl sites for hydroxylation is 2. The highest BCUT2D eigenvalue weighted by Crippen LogP contribution is 2.21. The van der Waals surface area contributed by atoms with E-state index in [4.69, 9.17) is 0 Å². The molecule has 16 heavy (non-hydrogen) atoms. The first-order valence-electron chi connectivity index (χ1n) is 5.56. The molecule has 1 unspecified atom stereocenters. The molecule has 0 saturated carbocycles. The molecule has 0 aromatic carbocycles. The number of alkyl halides is 1. The van der Waals surface area contributed by atoms with Gasteiger partial charge in [-0.1, -0.05) is 22.9 Å². The number of carbonyl (C=O) groups excluding carboxylic acids is 1. The maximum Gasteiger partial charge on any atom is 0.236 e. The minimum atomic E-state index is 0.00856. The average molecular weight is 286 g/mol. The molecule has 88 valence electrons. The molecule has 0 radical (unpaired) electrons. The summed E-state index contributed by atoms with van der Waals surface area (Å²) in [6.45, 7) is 3.62. The van der Waals surface area contributed by atoms with E-state index in [1.165, 1.54) is 5.56 Å². The van der Waals surface area contributed by atoms with Crippen LogP contribution in [0.5, 0.6) is 0 Å². The highest BCUT2D eigenvalue weighted by atomic mass is 79.9. The number of rotatable bonds is 3. The second kappa shape index (κ2) is 4.57. The first kappa shape index (κ1) is 11.6. The first-order chi connectivity index (χ1) is 7.61. The molecule has 1 fully saturated rings. The van der Waals surface area contributed by atoms with Crippen LogP contribution in [0.3, 0.4) is 0 Å². The Labute approximate surface area is 104 Å². The Morgan fingerprint density at radius 1 is 1.62 bits per heavy atom. The largest absolute Gasteiger partial charge is 0.337 e. The minimum absolute atomic E-state index is 0.00856. The van der Waals surface area contributed by atoms with Gasteiger partial charge in [-0.2, -0.15) is 5.10 Å². The van der Waals surface area contributed by atoms with Crippen molar-refractivity contribution in [2.24, 2.45) is 7.05 Å². The lowest BCUT2D eigenvalue weighted by Gasteiger charge is -2.15. The zero-order chi connectivity index (χ0) is 11.7. The molecular formula is C11H16BrN3O. The van der Waals surface area contributed by atoms with Crippen molar-refractivity contribution in [2.45, 2.75) is 31.1 Å². The molecule has 0 bridgehead atoms. The third kappa shape index (κ3) is 2.14. The Hall–Kier alpha value is -0.840. The Bertz CT molecular complexity index is 402. The number of carbonyl (C=O) groups is 1. The number of hydrogen-bond donors (Lipinski definition) is 0. The average Bonchev–Trinajstić information content (AvgIpc) is 2.76. The monoisotopic (exact) mass is 285 g/mol. The first-order valence-corrected chi connectivity index (χ1v) is 6.47. The Morgan fingerprint density at radius 2 is 2.38 bits per heavy atom. The topological polar surface area (TPSA) is 38.1 Å². The summed E-state index contributed by atoms with van der Waals surface area (Å²) in [5.41, 5.74) is 2.26. The lowest BCUT2D eigenvalue weighted by molar-refractivity contribution is -0.127. The molecule has 0 aliphatic carbocycles. The van der Waals surface area contributed by atoms with Crippen LogP contribution in [-0.4, -0.2) is 32.0 Å². The third-order valence-electron chi connectivity index (χ3n) is 2.92. The van der Waals surface area contributed by atoms with Crippen molar-refractivity contribution in [3.8, 4) is 0 Å². The molecule has 1 aliphatic heterocycles. The van der Waals surface area contributed by atoms with Gasteiger partial charge in [-0.15, -0.1) is 0 Å². The van der Waals surface area contributed by atoms with Crippen LogP contribution in [0.2, 0.25) is 0 Å². The quantitative estimate of drug-likeness (QED) is 0.789. The Balaban J connectivity index is 2.12. The zero-order valence-electron chi connectivity index (χ0n) is 9.61. The van der Waals surface area contributed by atoms with Crippen molar-refractivity contribution in [2.75, 3.05) is 6.54 Å². The van der Waals surface area contributed by atoms with E-state index < -0.39 is 0 Å². The van der Waals surface area contributed by atoms with Crippen LogP contribution < -0.4 is 0 Å². The highest BCUT2D eigenvalue weighted by molar-refractivity contribution is 9.10. The van der Waals surface area contributed by atoms with Gasteiger partial charge in [-0.3, -0.25) is 9.48 Å². The van der Waals surface area contributed by atoms with Crippen molar-refractivity contribution in [1.29, 1.82) is 0 Å². The summed E-state index contributed by atoms with van der Waals surface area (Å²) in [4.78, 5) is 13.7. The molecule has 2 heterocycles. The Kier molecular flexibility index (Phi) is 3.33. The number of likely N-dealkylation sites (tertiary alicyclic amines) is 1. The van der Waals surface area contributed by atoms with E-state index in [9.17, 15) is 4.79 Å². The molecule has 5 heteroatoms. The molecule has 1 aromatic rings. The van der Waals surface area contributed by atoms with Gasteiger partial charge >= 0.3 is 0 Å². The molecule has 1 atom stereocenters. The normalized spacial score (nSPS) is 20.8. The number of aromatic nitrogens is 2. The molecule has 0 N–H and O–H groups in total. The summed E-state index contributed by atoms with van der Waals surface area (Å²) < 4.78 is 1.82. The molecular weight excluding hydrogens is 270 g/mol. The van der Waals surface area contributed by atoms with E-state index in [-0.39, 0.29) is 10.7 Å². The number of halogens is 1. The number of nitrogens with zero attached hydrogens (tertiary/aromatic N) is 3. The van der Waals surface area contributed by atoms with Crippen LogP contribution in [0.15, 0.2) is 6.20 Å². The summed E-state index contributed by atoms with van der Waals surface area (Å²) in [6, 6.07) is 0. The summed E-state index contributed by atoms with van der Waals surface area (Å²) >= 11 is 3.39. The standard InChI is InChI=1S/C11H16BrN3O/c1-3-10-8(6-14(2)13-10)7-15-5-4-9(12)11(15)16/h6,9H,3-5,7H2,1-2H3. The summed E-state index contributed by atoms with van der Waals surface area (Å²) in [7, 11) is 1.92. The van der Waals surface area contributed by atoms with E-state index in [1.807, 2.05) is 22.8 Å². The van der Waals surface area contributed by atoms with E-state index in [0.29, 0.717) is 6.54 Å². The highest BCUT2D eigenvalue weighted by Gasteiger charge is 2.29. The fourth-order valence-electron chi connectivity index (χ4n) is 2.08. The van der Waals surface area contributed by atoms with Gasteiger partial charge in [0, 0.05) is 31.9 Å². The number of amides is 1. The van der Waals surface area contributed by atoms with Crippen molar-refractivity contribution < 1.29 is 4.79 Å². The van der Waals surface area contributed by atoms with Crippen LogP contribution >= 0.6 is 15.9 Å². The van der Waals surface area contributed by atoms with Gasteiger partial charge in [0.05, 0.1) is 10.5 Å². The molecule has 1 aliphatic rings. The SMILES string of the molecule is CCc1nn(C)cc1CN1CCC(Br)C1=O. The number of hydrogen-bond acceptors (Lipinski definition) is 2. The van der Waals surface area contributed by atoms with Crippen LogP contribution in [0.25, 0.3) is 0 Å². The smallest absolute Gasteiger partial charge is 0.236 e. The molecule has 1 aromatic heterocycles. The van der Waals surface area contributed by atoms with Crippen LogP contribution in [0.1, 0.15) is 24.6 Å². The van der Waals surface area contributed by atoms with Crippen LogP contribution in [0, 0.1) is 0 Å². The lowest BCUT2D eigenvalue weighted by Crippen LogP contribution is -2.27. The van der Waals surface area contributed by atoms with Gasteiger partial charge in [0.1, 0.15) is 0 Å². The predicted octanol–water partition coefficient (Wildman–Crippen LogP) is 1.48. The third-order valence-corrected chi connectivity index (χ3v) is 3.77. The van der Waals surface area contributed by atoms with Gasteiger partial charge in [0.2, 0.25) is 5.91 Å². The summed E-state index contributed by atoms with van der Waals surface area (Å²) in [5, 5.41) is 4.38. The molecule has 0 spiro atoms. The van der Waals surface area contributed by atoms with Gasteiger partial charge in [0.15, 0.2) is 0 Å². The van der Waals surface area contributed by atoms with Crippen molar-refractivity contribution in [1.82, 2.24) is 14.7 Å². The summed E-state index contributed by atoms with van der Waals surface area (Å²) in [5.74, 6) is 0.200. The van der Waals surface area contributed by atoms with Gasteiger partial charge in [0.25, 0.3) is 0 Å². The maximum atomic E-state index is 11.8. The molecule has 1 saturated heterocycles. The fraction of sp³-hybridized carbons (Fsp3) is 0.636. The fourth-order valence-corrected chi connectivity index (χ4v) is 2.57. The Morgan fingerprint density at radius 3 is 2.94 bits per heavy atom. The predicted molar refractivity (Wildman–Crippen MR) is 65.3 cm³/mol. The molecule has 4 nitrogen and oxygen atoms in total. The van der Waals surface area contributed by atoms with Gasteiger partial charge in [-0.25, -0.2) is 0 Å². The lowest BCUT2D eigenvalue weighted by atomic mass is 10.2. The second-order valence-corrected chi connectivity index (χ2v) is 5.25.